The molecule has 1 aromatic heterocycles. The number of rotatable bonds is 6. The summed E-state index contributed by atoms with van der Waals surface area (Å²) in [5.41, 5.74) is 3.89. The Hall–Kier alpha value is -3.72. The topological polar surface area (TPSA) is 89.0 Å². The molecule has 0 atom stereocenters. The number of carbonyl (C=O) groups excluding carboxylic acids is 3. The van der Waals surface area contributed by atoms with Crippen LogP contribution in [0.15, 0.2) is 47.8 Å². The molecule has 170 valence electrons. The van der Waals surface area contributed by atoms with Gasteiger partial charge in [0.25, 0.3) is 5.91 Å². The highest BCUT2D eigenvalue weighted by Gasteiger charge is 2.27. The number of benzene rings is 2. The van der Waals surface area contributed by atoms with Crippen molar-refractivity contribution < 1.29 is 23.9 Å². The molecule has 4 rings (SSSR count). The summed E-state index contributed by atoms with van der Waals surface area (Å²) in [6, 6.07) is 12.8. The Bertz CT molecular complexity index is 1220. The van der Waals surface area contributed by atoms with Crippen LogP contribution in [0.3, 0.4) is 0 Å². The molecule has 33 heavy (non-hydrogen) atoms. The van der Waals surface area contributed by atoms with Gasteiger partial charge in [-0.05, 0) is 43.2 Å². The van der Waals surface area contributed by atoms with E-state index in [2.05, 4.69) is 4.98 Å². The van der Waals surface area contributed by atoms with E-state index < -0.39 is 5.97 Å². The van der Waals surface area contributed by atoms with E-state index in [9.17, 15) is 14.4 Å². The number of aryl methyl sites for hydroxylation is 1. The van der Waals surface area contributed by atoms with Crippen LogP contribution in [-0.4, -0.2) is 35.9 Å². The van der Waals surface area contributed by atoms with Crippen molar-refractivity contribution in [3.8, 4) is 5.75 Å². The van der Waals surface area contributed by atoms with Crippen molar-refractivity contribution in [1.29, 1.82) is 0 Å². The lowest BCUT2D eigenvalue weighted by molar-refractivity contribution is -0.144. The molecule has 2 aromatic carbocycles. The summed E-state index contributed by atoms with van der Waals surface area (Å²) in [6.07, 6.45) is 0. The molecule has 0 N–H and O–H groups in total. The number of hydrogen-bond acceptors (Lipinski definition) is 7. The van der Waals surface area contributed by atoms with Crippen LogP contribution < -0.4 is 14.5 Å². The highest BCUT2D eigenvalue weighted by Crippen LogP contribution is 2.33. The predicted octanol–water partition coefficient (Wildman–Crippen LogP) is 3.91. The van der Waals surface area contributed by atoms with Crippen LogP contribution in [0.5, 0.6) is 5.75 Å². The number of esters is 1. The van der Waals surface area contributed by atoms with Crippen LogP contribution >= 0.6 is 11.3 Å². The minimum atomic E-state index is -0.562. The number of ether oxygens (including phenoxy) is 2. The van der Waals surface area contributed by atoms with Crippen molar-refractivity contribution in [3.63, 3.8) is 0 Å². The molecule has 0 saturated carbocycles. The lowest BCUT2D eigenvalue weighted by Gasteiger charge is -2.28. The second-order valence-corrected chi connectivity index (χ2v) is 8.43. The summed E-state index contributed by atoms with van der Waals surface area (Å²) in [6.45, 7) is 5.02. The number of thiazole rings is 1. The maximum atomic E-state index is 12.4. The lowest BCUT2D eigenvalue weighted by atomic mass is 10.1. The molecule has 0 radical (unpaired) electrons. The van der Waals surface area contributed by atoms with Gasteiger partial charge in [-0.3, -0.25) is 24.2 Å². The van der Waals surface area contributed by atoms with E-state index in [1.165, 1.54) is 23.2 Å². The first-order valence-electron chi connectivity index (χ1n) is 10.3. The van der Waals surface area contributed by atoms with Crippen molar-refractivity contribution in [2.75, 3.05) is 23.0 Å². The van der Waals surface area contributed by atoms with Crippen molar-refractivity contribution in [2.24, 2.45) is 0 Å². The predicted molar refractivity (Wildman–Crippen MR) is 125 cm³/mol. The molecular weight excluding hydrogens is 442 g/mol. The summed E-state index contributed by atoms with van der Waals surface area (Å²) in [5, 5.41) is 2.25. The maximum Gasteiger partial charge on any atom is 0.326 e. The molecule has 0 spiro atoms. The van der Waals surface area contributed by atoms with E-state index in [4.69, 9.17) is 9.47 Å². The largest absolute Gasteiger partial charge is 0.482 e. The average molecular weight is 466 g/mol. The Labute approximate surface area is 195 Å². The van der Waals surface area contributed by atoms with Gasteiger partial charge >= 0.3 is 5.97 Å². The van der Waals surface area contributed by atoms with Crippen LogP contribution in [0.2, 0.25) is 0 Å². The maximum absolute atomic E-state index is 12.4. The fourth-order valence-electron chi connectivity index (χ4n) is 3.51. The smallest absolute Gasteiger partial charge is 0.326 e. The van der Waals surface area contributed by atoms with Crippen LogP contribution in [0.4, 0.5) is 16.5 Å². The van der Waals surface area contributed by atoms with Gasteiger partial charge in [0.05, 0.1) is 17.1 Å². The molecule has 1 aliphatic heterocycles. The zero-order valence-corrected chi connectivity index (χ0v) is 19.3. The Morgan fingerprint density at radius 1 is 1.18 bits per heavy atom. The van der Waals surface area contributed by atoms with Crippen LogP contribution in [-0.2, 0) is 25.7 Å². The third kappa shape index (κ3) is 4.73. The molecule has 2 amide bonds. The van der Waals surface area contributed by atoms with Gasteiger partial charge in [0.1, 0.15) is 18.9 Å². The Kier molecular flexibility index (Phi) is 6.41. The fourth-order valence-corrected chi connectivity index (χ4v) is 4.37. The molecule has 0 fully saturated rings. The van der Waals surface area contributed by atoms with Crippen molar-refractivity contribution in [3.05, 3.63) is 64.7 Å². The van der Waals surface area contributed by atoms with Gasteiger partial charge < -0.3 is 9.47 Å². The minimum Gasteiger partial charge on any atom is -0.482 e. The van der Waals surface area contributed by atoms with Gasteiger partial charge in [-0.1, -0.05) is 24.3 Å². The summed E-state index contributed by atoms with van der Waals surface area (Å²) in [5.74, 6) is -0.490. The number of anilines is 3. The van der Waals surface area contributed by atoms with Crippen molar-refractivity contribution in [2.45, 2.75) is 27.4 Å². The second kappa shape index (κ2) is 9.41. The summed E-state index contributed by atoms with van der Waals surface area (Å²) >= 11 is 1.30. The number of aromatic nitrogens is 1. The monoisotopic (exact) mass is 465 g/mol. The first kappa shape index (κ1) is 22.5. The quantitative estimate of drug-likeness (QED) is 0.513. The molecule has 3 aromatic rings. The third-order valence-electron chi connectivity index (χ3n) is 5.34. The van der Waals surface area contributed by atoms with Gasteiger partial charge in [0.2, 0.25) is 5.91 Å². The number of carbonyl (C=O) groups is 3. The molecule has 0 saturated heterocycles. The van der Waals surface area contributed by atoms with Crippen LogP contribution in [0.25, 0.3) is 0 Å². The first-order valence-corrected chi connectivity index (χ1v) is 11.2. The van der Waals surface area contributed by atoms with E-state index in [0.717, 1.165) is 16.8 Å². The van der Waals surface area contributed by atoms with Crippen LogP contribution in [0.1, 0.15) is 23.7 Å². The number of para-hydroxylation sites is 2. The van der Waals surface area contributed by atoms with Crippen LogP contribution in [0, 0.1) is 13.8 Å². The van der Waals surface area contributed by atoms with Gasteiger partial charge in [-0.2, -0.15) is 0 Å². The second-order valence-electron chi connectivity index (χ2n) is 7.59. The number of hydrogen-bond donors (Lipinski definition) is 0. The summed E-state index contributed by atoms with van der Waals surface area (Å²) in [4.78, 5) is 44.5. The molecule has 9 heteroatoms. The van der Waals surface area contributed by atoms with Gasteiger partial charge in [0, 0.05) is 12.3 Å². The Morgan fingerprint density at radius 2 is 1.97 bits per heavy atom. The van der Waals surface area contributed by atoms with Gasteiger partial charge in [-0.15, -0.1) is 11.3 Å². The van der Waals surface area contributed by atoms with E-state index in [1.54, 1.807) is 34.5 Å². The van der Waals surface area contributed by atoms with Gasteiger partial charge in [0.15, 0.2) is 11.7 Å². The first-order chi connectivity index (χ1) is 15.8. The standard InChI is InChI=1S/C24H23N3O5S/c1-15-7-6-9-19(16(15)2)27(17(3)28)24-25-18(14-33-24)12-32-23(30)11-26-20-8-4-5-10-21(20)31-13-22(26)29/h4-10,14H,11-13H2,1-3H3. The average Bonchev–Trinajstić information content (AvgIpc) is 3.25. The van der Waals surface area contributed by atoms with Crippen molar-refractivity contribution in [1.82, 2.24) is 4.98 Å². The van der Waals surface area contributed by atoms with Gasteiger partial charge in [-0.25, -0.2) is 4.98 Å². The summed E-state index contributed by atoms with van der Waals surface area (Å²) in [7, 11) is 0. The molecular formula is C24H23N3O5S. The molecule has 0 unspecified atom stereocenters. The van der Waals surface area contributed by atoms with E-state index in [1.807, 2.05) is 32.0 Å². The van der Waals surface area contributed by atoms with E-state index in [0.29, 0.717) is 22.3 Å². The zero-order valence-electron chi connectivity index (χ0n) is 18.5. The fraction of sp³-hybridized carbons (Fsp3) is 0.250. The summed E-state index contributed by atoms with van der Waals surface area (Å²) < 4.78 is 10.8. The third-order valence-corrected chi connectivity index (χ3v) is 6.21. The normalized spacial score (nSPS) is 12.7. The molecule has 0 bridgehead atoms. The minimum absolute atomic E-state index is 0.0615. The highest BCUT2D eigenvalue weighted by atomic mass is 32.1. The lowest BCUT2D eigenvalue weighted by Crippen LogP contribution is -2.42. The SMILES string of the molecule is CC(=O)N(c1nc(COC(=O)CN2C(=O)COc3ccccc32)cs1)c1cccc(C)c1C. The number of nitrogens with zero attached hydrogens (tertiary/aromatic N) is 3. The van der Waals surface area contributed by atoms with E-state index in [-0.39, 0.29) is 31.6 Å². The molecule has 2 heterocycles. The highest BCUT2D eigenvalue weighted by molar-refractivity contribution is 7.14. The van der Waals surface area contributed by atoms with Crippen molar-refractivity contribution >= 4 is 45.6 Å². The number of fused-ring (bicyclic) bond motifs is 1. The molecule has 0 aliphatic carbocycles. The molecule has 8 nitrogen and oxygen atoms in total. The van der Waals surface area contributed by atoms with E-state index >= 15 is 0 Å². The molecule has 1 aliphatic rings. The number of amides is 2. The Morgan fingerprint density at radius 3 is 2.76 bits per heavy atom. The zero-order chi connectivity index (χ0) is 23.5. The Balaban J connectivity index is 1.44.